The van der Waals surface area contributed by atoms with E-state index in [-0.39, 0.29) is 17.6 Å². The summed E-state index contributed by atoms with van der Waals surface area (Å²) in [5, 5.41) is 17.4. The number of amides is 1. The SMILES string of the molecule is C[C@H](c1cccc([N+](=O)[O-])c1)N(C)C(=O)c1csc(-c2ccsc2)n1. The van der Waals surface area contributed by atoms with Crippen molar-refractivity contribution in [1.82, 2.24) is 9.88 Å². The lowest BCUT2D eigenvalue weighted by Gasteiger charge is -2.24. The van der Waals surface area contributed by atoms with Crippen molar-refractivity contribution in [1.29, 1.82) is 0 Å². The summed E-state index contributed by atoms with van der Waals surface area (Å²) >= 11 is 3.01. The van der Waals surface area contributed by atoms with Gasteiger partial charge in [-0.2, -0.15) is 11.3 Å². The van der Waals surface area contributed by atoms with Crippen molar-refractivity contribution in [2.75, 3.05) is 7.05 Å². The quantitative estimate of drug-likeness (QED) is 0.483. The summed E-state index contributed by atoms with van der Waals surface area (Å²) < 4.78 is 0. The van der Waals surface area contributed by atoms with Crippen LogP contribution >= 0.6 is 22.7 Å². The first kappa shape index (κ1) is 17.2. The van der Waals surface area contributed by atoms with Gasteiger partial charge in [0.15, 0.2) is 0 Å². The highest BCUT2D eigenvalue weighted by atomic mass is 32.1. The van der Waals surface area contributed by atoms with Crippen LogP contribution in [0.15, 0.2) is 46.5 Å². The summed E-state index contributed by atoms with van der Waals surface area (Å²) in [6.07, 6.45) is 0. The van der Waals surface area contributed by atoms with E-state index in [1.54, 1.807) is 40.8 Å². The van der Waals surface area contributed by atoms with E-state index < -0.39 is 4.92 Å². The molecule has 6 nitrogen and oxygen atoms in total. The molecule has 8 heteroatoms. The van der Waals surface area contributed by atoms with E-state index in [0.29, 0.717) is 11.3 Å². The first-order chi connectivity index (χ1) is 12.0. The fourth-order valence-electron chi connectivity index (χ4n) is 2.37. The molecule has 3 aromatic rings. The number of rotatable bonds is 5. The molecular formula is C17H15N3O3S2. The van der Waals surface area contributed by atoms with E-state index in [2.05, 4.69) is 4.98 Å². The van der Waals surface area contributed by atoms with Crippen molar-refractivity contribution in [2.24, 2.45) is 0 Å². The van der Waals surface area contributed by atoms with Crippen molar-refractivity contribution in [3.05, 3.63) is 67.8 Å². The molecule has 0 fully saturated rings. The van der Waals surface area contributed by atoms with Gasteiger partial charge in [-0.3, -0.25) is 14.9 Å². The predicted molar refractivity (Wildman–Crippen MR) is 99.0 cm³/mol. The molecule has 1 atom stereocenters. The number of non-ortho nitro benzene ring substituents is 1. The number of thiophene rings is 1. The van der Waals surface area contributed by atoms with Gasteiger partial charge in [-0.05, 0) is 23.9 Å². The number of carbonyl (C=O) groups excluding carboxylic acids is 1. The van der Waals surface area contributed by atoms with E-state index in [9.17, 15) is 14.9 Å². The monoisotopic (exact) mass is 373 g/mol. The second-order valence-electron chi connectivity index (χ2n) is 5.49. The van der Waals surface area contributed by atoms with Crippen LogP contribution in [0.5, 0.6) is 0 Å². The van der Waals surface area contributed by atoms with Gasteiger partial charge in [0.2, 0.25) is 0 Å². The number of hydrogen-bond donors (Lipinski definition) is 0. The van der Waals surface area contributed by atoms with Gasteiger partial charge in [0, 0.05) is 35.5 Å². The second-order valence-corrected chi connectivity index (χ2v) is 7.13. The molecule has 0 radical (unpaired) electrons. The molecule has 2 aromatic heterocycles. The molecular weight excluding hydrogens is 358 g/mol. The molecule has 0 aliphatic rings. The van der Waals surface area contributed by atoms with Crippen molar-refractivity contribution in [2.45, 2.75) is 13.0 Å². The van der Waals surface area contributed by atoms with Gasteiger partial charge >= 0.3 is 0 Å². The average molecular weight is 373 g/mol. The maximum absolute atomic E-state index is 12.7. The third-order valence-electron chi connectivity index (χ3n) is 3.96. The standard InChI is InChI=1S/C17H15N3O3S2/c1-11(12-4-3-5-14(8-12)20(22)23)19(2)17(21)15-10-25-16(18-15)13-6-7-24-9-13/h3-11H,1-2H3/t11-/m1/s1. The lowest BCUT2D eigenvalue weighted by molar-refractivity contribution is -0.384. The molecule has 25 heavy (non-hydrogen) atoms. The fraction of sp³-hybridized carbons (Fsp3) is 0.176. The smallest absolute Gasteiger partial charge is 0.273 e. The van der Waals surface area contributed by atoms with Crippen LogP contribution in [-0.2, 0) is 0 Å². The molecule has 0 aliphatic carbocycles. The van der Waals surface area contributed by atoms with E-state index in [1.807, 2.05) is 23.8 Å². The number of nitro groups is 1. The number of nitro benzene ring substituents is 1. The topological polar surface area (TPSA) is 76.3 Å². The van der Waals surface area contributed by atoms with Crippen molar-refractivity contribution in [3.63, 3.8) is 0 Å². The Bertz CT molecular complexity index is 906. The number of nitrogens with zero attached hydrogens (tertiary/aromatic N) is 3. The van der Waals surface area contributed by atoms with Crippen molar-refractivity contribution >= 4 is 34.3 Å². The van der Waals surface area contributed by atoms with Crippen LogP contribution in [0, 0.1) is 10.1 Å². The maximum Gasteiger partial charge on any atom is 0.273 e. The zero-order chi connectivity index (χ0) is 18.0. The minimum Gasteiger partial charge on any atom is -0.334 e. The molecule has 0 saturated heterocycles. The summed E-state index contributed by atoms with van der Waals surface area (Å²) in [4.78, 5) is 29.2. The van der Waals surface area contributed by atoms with Gasteiger partial charge in [0.1, 0.15) is 10.7 Å². The zero-order valence-corrected chi connectivity index (χ0v) is 15.2. The summed E-state index contributed by atoms with van der Waals surface area (Å²) in [6.45, 7) is 1.84. The molecule has 1 amide bonds. The largest absolute Gasteiger partial charge is 0.334 e. The molecule has 3 rings (SSSR count). The second kappa shape index (κ2) is 7.12. The van der Waals surface area contributed by atoms with Crippen molar-refractivity contribution < 1.29 is 9.72 Å². The summed E-state index contributed by atoms with van der Waals surface area (Å²) in [6, 6.07) is 7.99. The van der Waals surface area contributed by atoms with E-state index in [1.165, 1.54) is 23.5 Å². The Morgan fingerprint density at radius 1 is 1.32 bits per heavy atom. The summed E-state index contributed by atoms with van der Waals surface area (Å²) in [7, 11) is 1.68. The number of hydrogen-bond acceptors (Lipinski definition) is 6. The molecule has 0 bridgehead atoms. The number of thiazole rings is 1. The average Bonchev–Trinajstić information content (AvgIpc) is 3.31. The number of benzene rings is 1. The Balaban J connectivity index is 1.80. The van der Waals surface area contributed by atoms with Gasteiger partial charge in [0.05, 0.1) is 11.0 Å². The van der Waals surface area contributed by atoms with Gasteiger partial charge in [0.25, 0.3) is 11.6 Å². The van der Waals surface area contributed by atoms with Crippen molar-refractivity contribution in [3.8, 4) is 10.6 Å². The highest BCUT2D eigenvalue weighted by molar-refractivity contribution is 7.14. The van der Waals surface area contributed by atoms with Crippen LogP contribution in [0.1, 0.15) is 29.0 Å². The summed E-state index contributed by atoms with van der Waals surface area (Å²) in [5.74, 6) is -0.211. The minimum atomic E-state index is -0.439. The van der Waals surface area contributed by atoms with E-state index in [0.717, 1.165) is 10.6 Å². The first-order valence-electron chi connectivity index (χ1n) is 7.47. The maximum atomic E-state index is 12.7. The Morgan fingerprint density at radius 2 is 2.12 bits per heavy atom. The predicted octanol–water partition coefficient (Wildman–Crippen LogP) is 4.61. The number of aromatic nitrogens is 1. The van der Waals surface area contributed by atoms with Gasteiger partial charge in [-0.15, -0.1) is 11.3 Å². The Labute approximate surface area is 152 Å². The highest BCUT2D eigenvalue weighted by Gasteiger charge is 2.22. The molecule has 0 aliphatic heterocycles. The zero-order valence-electron chi connectivity index (χ0n) is 13.6. The molecule has 2 heterocycles. The lowest BCUT2D eigenvalue weighted by Crippen LogP contribution is -2.29. The normalized spacial score (nSPS) is 11.9. The lowest BCUT2D eigenvalue weighted by atomic mass is 10.1. The van der Waals surface area contributed by atoms with E-state index >= 15 is 0 Å². The third kappa shape index (κ3) is 3.59. The highest BCUT2D eigenvalue weighted by Crippen LogP contribution is 2.28. The molecule has 0 spiro atoms. The Hall–Kier alpha value is -2.58. The molecule has 0 unspecified atom stereocenters. The fourth-order valence-corrected chi connectivity index (χ4v) is 3.88. The minimum absolute atomic E-state index is 0.0126. The van der Waals surface area contributed by atoms with Gasteiger partial charge in [-0.25, -0.2) is 4.98 Å². The van der Waals surface area contributed by atoms with Crippen LogP contribution in [0.2, 0.25) is 0 Å². The first-order valence-corrected chi connectivity index (χ1v) is 9.29. The van der Waals surface area contributed by atoms with Gasteiger partial charge in [-0.1, -0.05) is 12.1 Å². The Morgan fingerprint density at radius 3 is 2.80 bits per heavy atom. The van der Waals surface area contributed by atoms with Crippen LogP contribution < -0.4 is 0 Å². The Kier molecular flexibility index (Phi) is 4.91. The molecule has 1 aromatic carbocycles. The van der Waals surface area contributed by atoms with Crippen LogP contribution in [-0.4, -0.2) is 27.8 Å². The van der Waals surface area contributed by atoms with Crippen LogP contribution in [0.25, 0.3) is 10.6 Å². The van der Waals surface area contributed by atoms with Crippen LogP contribution in [0.3, 0.4) is 0 Å². The summed E-state index contributed by atoms with van der Waals surface area (Å²) in [5.41, 5.74) is 2.10. The van der Waals surface area contributed by atoms with E-state index in [4.69, 9.17) is 0 Å². The van der Waals surface area contributed by atoms with Gasteiger partial charge < -0.3 is 4.90 Å². The third-order valence-corrected chi connectivity index (χ3v) is 5.53. The molecule has 0 N–H and O–H groups in total. The number of carbonyl (C=O) groups is 1. The molecule has 0 saturated carbocycles. The molecule has 128 valence electrons. The van der Waals surface area contributed by atoms with Crippen LogP contribution in [0.4, 0.5) is 5.69 Å².